The average Bonchev–Trinajstić information content (AvgIpc) is 3.60. The largest absolute Gasteiger partial charge is 0.507 e. The fraction of sp³-hybridized carbons (Fsp3) is 0.200. The summed E-state index contributed by atoms with van der Waals surface area (Å²) in [7, 11) is 0. The van der Waals surface area contributed by atoms with Crippen molar-refractivity contribution in [3.05, 3.63) is 142 Å². The molecule has 6 rings (SSSR count). The first kappa shape index (κ1) is 33.9. The van der Waals surface area contributed by atoms with Crippen LogP contribution in [0.4, 0.5) is 0 Å². The molecule has 0 atom stereocenters. The maximum Gasteiger partial charge on any atom is 0.193 e. The van der Waals surface area contributed by atoms with Gasteiger partial charge in [-0.15, -0.1) is 5.10 Å². The van der Waals surface area contributed by atoms with Crippen LogP contribution in [-0.2, 0) is 13.0 Å². The molecule has 10 heteroatoms. The summed E-state index contributed by atoms with van der Waals surface area (Å²) in [4.78, 5) is 24.7. The molecule has 0 amide bonds. The highest BCUT2D eigenvalue weighted by Crippen LogP contribution is 2.24. The number of benzene rings is 4. The molecular formula is C40H38N4O6. The zero-order valence-corrected chi connectivity index (χ0v) is 27.5. The zero-order chi connectivity index (χ0) is 34.5. The van der Waals surface area contributed by atoms with E-state index < -0.39 is 0 Å². The molecule has 0 bridgehead atoms. The van der Waals surface area contributed by atoms with Crippen LogP contribution in [0.5, 0.6) is 17.2 Å². The van der Waals surface area contributed by atoms with Crippen molar-refractivity contribution in [1.29, 1.82) is 0 Å². The lowest BCUT2D eigenvalue weighted by Gasteiger charge is -2.08. The van der Waals surface area contributed by atoms with E-state index in [0.29, 0.717) is 43.0 Å². The third-order valence-corrected chi connectivity index (χ3v) is 8.00. The van der Waals surface area contributed by atoms with Crippen molar-refractivity contribution in [3.8, 4) is 28.6 Å². The molecule has 0 aliphatic heterocycles. The number of aryl methyl sites for hydroxylation is 1. The van der Waals surface area contributed by atoms with Crippen LogP contribution in [0.2, 0.25) is 0 Å². The van der Waals surface area contributed by atoms with E-state index in [1.54, 1.807) is 36.4 Å². The van der Waals surface area contributed by atoms with Crippen molar-refractivity contribution < 1.29 is 23.8 Å². The number of aromatic nitrogens is 3. The number of para-hydroxylation sites is 2. The van der Waals surface area contributed by atoms with E-state index in [4.69, 9.17) is 13.9 Å². The molecule has 254 valence electrons. The molecule has 0 saturated carbocycles. The van der Waals surface area contributed by atoms with Gasteiger partial charge in [0.25, 0.3) is 0 Å². The molecule has 0 aliphatic carbocycles. The Morgan fingerprint density at radius 1 is 0.860 bits per heavy atom. The normalized spacial score (nSPS) is 11.3. The predicted molar refractivity (Wildman–Crippen MR) is 193 cm³/mol. The molecule has 2 aromatic heterocycles. The predicted octanol–water partition coefficient (Wildman–Crippen LogP) is 6.72. The van der Waals surface area contributed by atoms with Crippen LogP contribution < -0.4 is 20.2 Å². The van der Waals surface area contributed by atoms with Crippen molar-refractivity contribution in [3.63, 3.8) is 0 Å². The van der Waals surface area contributed by atoms with Gasteiger partial charge in [-0.25, -0.2) is 0 Å². The second-order valence-electron chi connectivity index (χ2n) is 11.7. The number of carbonyl (C=O) groups is 1. The summed E-state index contributed by atoms with van der Waals surface area (Å²) < 4.78 is 19.5. The summed E-state index contributed by atoms with van der Waals surface area (Å²) in [5.41, 5.74) is 3.42. The summed E-state index contributed by atoms with van der Waals surface area (Å²) in [5, 5.41) is 22.3. The monoisotopic (exact) mass is 670 g/mol. The summed E-state index contributed by atoms with van der Waals surface area (Å²) in [5.74, 6) is 1.76. The number of fused-ring (bicyclic) bond motifs is 1. The number of unbranched alkanes of at least 4 members (excludes halogenated alkanes) is 1. The topological polar surface area (TPSA) is 129 Å². The molecule has 0 unspecified atom stereocenters. The van der Waals surface area contributed by atoms with Gasteiger partial charge < -0.3 is 24.3 Å². The SMILES string of the molecule is O=C(C=Cc1ccc(OCCCCc2cn(CCNCCOc3ccc(-c4cc(=O)c5ccccc5o4)cc3)nn2)cc1)c1ccccc1O. The molecule has 0 radical (unpaired) electrons. The van der Waals surface area contributed by atoms with E-state index in [2.05, 4.69) is 15.6 Å². The molecule has 0 aliphatic rings. The number of nitrogens with one attached hydrogen (secondary N) is 1. The molecule has 6 aromatic rings. The minimum absolute atomic E-state index is 0.0280. The van der Waals surface area contributed by atoms with E-state index in [0.717, 1.165) is 54.1 Å². The Balaban J connectivity index is 0.825. The standard InChI is InChI=1S/C40H38N4O6/c45-36-10-3-1-8-34(36)37(46)21-14-29-12-17-32(18-13-29)48-25-6-5-7-31-28-44(43-42-31)24-22-41-23-26-49-33-19-15-30(16-20-33)40-27-38(47)35-9-2-4-11-39(35)50-40/h1-4,8-21,27-28,41,45H,5-7,22-26H2. The number of rotatable bonds is 17. The van der Waals surface area contributed by atoms with Gasteiger partial charge in [-0.2, -0.15) is 0 Å². The lowest BCUT2D eigenvalue weighted by atomic mass is 10.1. The number of hydrogen-bond acceptors (Lipinski definition) is 9. The molecule has 0 spiro atoms. The highest BCUT2D eigenvalue weighted by Gasteiger charge is 2.08. The summed E-state index contributed by atoms with van der Waals surface area (Å²) >= 11 is 0. The first-order chi connectivity index (χ1) is 24.5. The van der Waals surface area contributed by atoms with E-state index in [1.165, 1.54) is 18.2 Å². The van der Waals surface area contributed by atoms with Crippen LogP contribution in [0.15, 0.2) is 125 Å². The molecule has 0 saturated heterocycles. The maximum atomic E-state index is 12.4. The number of carbonyl (C=O) groups excluding carboxylic acids is 1. The number of nitrogens with zero attached hydrogens (tertiary/aromatic N) is 3. The Morgan fingerprint density at radius 2 is 1.60 bits per heavy atom. The Morgan fingerprint density at radius 3 is 2.42 bits per heavy atom. The molecule has 50 heavy (non-hydrogen) atoms. The van der Waals surface area contributed by atoms with Gasteiger partial charge in [0.1, 0.15) is 35.2 Å². The van der Waals surface area contributed by atoms with Crippen molar-refractivity contribution in [2.45, 2.75) is 25.8 Å². The number of allylic oxidation sites excluding steroid dienone is 1. The van der Waals surface area contributed by atoms with Gasteiger partial charge in [-0.3, -0.25) is 14.3 Å². The number of aromatic hydroxyl groups is 1. The first-order valence-electron chi connectivity index (χ1n) is 16.6. The van der Waals surface area contributed by atoms with Crippen LogP contribution in [0.3, 0.4) is 0 Å². The van der Waals surface area contributed by atoms with Crippen LogP contribution >= 0.6 is 0 Å². The van der Waals surface area contributed by atoms with Crippen LogP contribution in [-0.4, -0.2) is 52.2 Å². The van der Waals surface area contributed by atoms with Crippen LogP contribution in [0.1, 0.15) is 34.5 Å². The number of ether oxygens (including phenoxy) is 2. The van der Waals surface area contributed by atoms with E-state index >= 15 is 0 Å². The van der Waals surface area contributed by atoms with Gasteiger partial charge in [-0.05, 0) is 91.6 Å². The van der Waals surface area contributed by atoms with Crippen molar-refractivity contribution >= 4 is 22.8 Å². The van der Waals surface area contributed by atoms with Crippen molar-refractivity contribution in [2.75, 3.05) is 26.3 Å². The lowest BCUT2D eigenvalue weighted by molar-refractivity contribution is 0.104. The van der Waals surface area contributed by atoms with E-state index in [-0.39, 0.29) is 22.5 Å². The molecule has 0 fully saturated rings. The van der Waals surface area contributed by atoms with Crippen molar-refractivity contribution in [2.24, 2.45) is 0 Å². The third-order valence-electron chi connectivity index (χ3n) is 8.00. The lowest BCUT2D eigenvalue weighted by Crippen LogP contribution is -2.25. The fourth-order valence-electron chi connectivity index (χ4n) is 5.30. The van der Waals surface area contributed by atoms with Gasteiger partial charge in [0, 0.05) is 30.9 Å². The minimum Gasteiger partial charge on any atom is -0.507 e. The van der Waals surface area contributed by atoms with Gasteiger partial charge in [0.15, 0.2) is 11.2 Å². The van der Waals surface area contributed by atoms with Crippen LogP contribution in [0.25, 0.3) is 28.4 Å². The summed E-state index contributed by atoms with van der Waals surface area (Å²) in [6.45, 7) is 3.23. The molecule has 2 N–H and O–H groups in total. The zero-order valence-electron chi connectivity index (χ0n) is 27.5. The molecule has 4 aromatic carbocycles. The number of ketones is 1. The third kappa shape index (κ3) is 9.33. The van der Waals surface area contributed by atoms with Crippen molar-refractivity contribution in [1.82, 2.24) is 20.3 Å². The Hall–Kier alpha value is -6.00. The Bertz CT molecular complexity index is 2100. The van der Waals surface area contributed by atoms with E-state index in [9.17, 15) is 14.7 Å². The smallest absolute Gasteiger partial charge is 0.193 e. The Kier molecular flexibility index (Phi) is 11.5. The number of phenolic OH excluding ortho intramolecular Hbond substituents is 1. The van der Waals surface area contributed by atoms with Gasteiger partial charge in [-0.1, -0.05) is 47.7 Å². The highest BCUT2D eigenvalue weighted by molar-refractivity contribution is 6.08. The fourth-order valence-corrected chi connectivity index (χ4v) is 5.30. The number of hydrogen-bond donors (Lipinski definition) is 2. The highest BCUT2D eigenvalue weighted by atomic mass is 16.5. The summed E-state index contributed by atoms with van der Waals surface area (Å²) in [6.07, 6.45) is 7.79. The van der Waals surface area contributed by atoms with Crippen LogP contribution in [0, 0.1) is 0 Å². The Labute approximate surface area is 289 Å². The maximum absolute atomic E-state index is 12.4. The minimum atomic E-state index is -0.251. The first-order valence-corrected chi connectivity index (χ1v) is 16.6. The second kappa shape index (κ2) is 16.9. The van der Waals surface area contributed by atoms with Gasteiger partial charge in [0.05, 0.1) is 29.8 Å². The molecule has 10 nitrogen and oxygen atoms in total. The molecular weight excluding hydrogens is 632 g/mol. The second-order valence-corrected chi connectivity index (χ2v) is 11.7. The van der Waals surface area contributed by atoms with Gasteiger partial charge in [0.2, 0.25) is 0 Å². The molecule has 2 heterocycles. The van der Waals surface area contributed by atoms with E-state index in [1.807, 2.05) is 71.5 Å². The number of phenols is 1. The quantitative estimate of drug-likeness (QED) is 0.0617. The average molecular weight is 671 g/mol. The van der Waals surface area contributed by atoms with Gasteiger partial charge >= 0.3 is 0 Å². The summed E-state index contributed by atoms with van der Waals surface area (Å²) in [6, 6.07) is 30.3.